The Morgan fingerprint density at radius 3 is 1.85 bits per heavy atom. The fraction of sp³-hybridized carbons (Fsp3) is 0.786. The maximum absolute atomic E-state index is 12.6. The fourth-order valence-electron chi connectivity index (χ4n) is 2.32. The molecular weight excluding hydrogens is 274 g/mol. The van der Waals surface area contributed by atoms with Crippen molar-refractivity contribution in [1.82, 2.24) is 9.80 Å². The van der Waals surface area contributed by atoms with Crippen molar-refractivity contribution < 1.29 is 9.59 Å². The number of hydrogen-bond acceptors (Lipinski definition) is 3. The van der Waals surface area contributed by atoms with Gasteiger partial charge in [-0.25, -0.2) is 0 Å². The lowest BCUT2D eigenvalue weighted by atomic mass is 9.81. The second-order valence-electron chi connectivity index (χ2n) is 4.88. The number of carbonyl (C=O) groups is 2. The molecule has 2 N–H and O–H groups in total. The summed E-state index contributed by atoms with van der Waals surface area (Å²) in [5.41, 5.74) is 4.92. The molecule has 0 saturated carbocycles. The maximum Gasteiger partial charge on any atom is 0.242 e. The molecule has 0 atom stereocenters. The predicted molar refractivity (Wildman–Crippen MR) is 85.4 cm³/mol. The van der Waals surface area contributed by atoms with Gasteiger partial charge in [0.15, 0.2) is 0 Å². The number of hydrogen-bond donors (Lipinski definition) is 1. The number of likely N-dealkylation sites (N-methyl/N-ethyl adjacent to an activating group) is 2. The van der Waals surface area contributed by atoms with Crippen LogP contribution >= 0.6 is 12.2 Å². The van der Waals surface area contributed by atoms with Gasteiger partial charge in [0.25, 0.3) is 0 Å². The largest absolute Gasteiger partial charge is 0.392 e. The van der Waals surface area contributed by atoms with E-state index in [0.29, 0.717) is 25.9 Å². The Balaban J connectivity index is 5.01. The molecule has 0 aromatic rings. The molecule has 20 heavy (non-hydrogen) atoms. The molecule has 0 rings (SSSR count). The Morgan fingerprint density at radius 2 is 1.55 bits per heavy atom. The first-order chi connectivity index (χ1) is 9.30. The molecule has 0 radical (unpaired) electrons. The van der Waals surface area contributed by atoms with Crippen LogP contribution in [0.1, 0.15) is 40.5 Å². The van der Waals surface area contributed by atoms with Gasteiger partial charge in [-0.2, -0.15) is 0 Å². The third kappa shape index (κ3) is 3.91. The van der Waals surface area contributed by atoms with Crippen molar-refractivity contribution >= 4 is 29.0 Å². The molecule has 0 saturated heterocycles. The van der Waals surface area contributed by atoms with Gasteiger partial charge in [0.1, 0.15) is 0 Å². The summed E-state index contributed by atoms with van der Waals surface area (Å²) in [5.74, 6) is -0.231. The van der Waals surface area contributed by atoms with E-state index < -0.39 is 5.41 Å². The zero-order valence-corrected chi connectivity index (χ0v) is 14.0. The number of thiocarbonyl (C=S) groups is 1. The minimum Gasteiger partial charge on any atom is -0.392 e. The molecule has 6 heteroatoms. The van der Waals surface area contributed by atoms with Crippen molar-refractivity contribution in [2.45, 2.75) is 40.5 Å². The molecule has 0 heterocycles. The summed E-state index contributed by atoms with van der Waals surface area (Å²) in [6, 6.07) is 0. The second-order valence-corrected chi connectivity index (χ2v) is 5.32. The number of nitrogens with two attached hydrogens (primary N) is 1. The van der Waals surface area contributed by atoms with Gasteiger partial charge in [-0.15, -0.1) is 0 Å². The predicted octanol–water partition coefficient (Wildman–Crippen LogP) is 1.41. The highest BCUT2D eigenvalue weighted by molar-refractivity contribution is 7.80. The van der Waals surface area contributed by atoms with Gasteiger partial charge >= 0.3 is 0 Å². The summed E-state index contributed by atoms with van der Waals surface area (Å²) in [4.78, 5) is 28.0. The smallest absolute Gasteiger partial charge is 0.242 e. The van der Waals surface area contributed by atoms with Gasteiger partial charge in [0, 0.05) is 20.1 Å². The normalized spacial score (nSPS) is 11.1. The van der Waals surface area contributed by atoms with E-state index in [1.165, 1.54) is 4.90 Å². The maximum atomic E-state index is 12.6. The van der Waals surface area contributed by atoms with Crippen LogP contribution in [0.2, 0.25) is 0 Å². The molecule has 0 aliphatic rings. The lowest BCUT2D eigenvalue weighted by Crippen LogP contribution is -2.51. The van der Waals surface area contributed by atoms with E-state index in [1.54, 1.807) is 11.9 Å². The first-order valence-electron chi connectivity index (χ1n) is 7.13. The zero-order chi connectivity index (χ0) is 15.9. The molecule has 5 nitrogen and oxygen atoms in total. The molecule has 0 aliphatic carbocycles. The standard InChI is InChI=1S/C14H27N3O2S/c1-6-14(7-2,12(15)20)13(19)16(5)10-11(18)17(8-3)9-4/h6-10H2,1-5H3,(H2,15,20). The number of carbonyl (C=O) groups excluding carboxylic acids is 2. The summed E-state index contributed by atoms with van der Waals surface area (Å²) >= 11 is 5.07. The van der Waals surface area contributed by atoms with Crippen LogP contribution in [0.25, 0.3) is 0 Å². The van der Waals surface area contributed by atoms with Gasteiger partial charge in [0.2, 0.25) is 11.8 Å². The van der Waals surface area contributed by atoms with E-state index in [9.17, 15) is 9.59 Å². The third-order valence-corrected chi connectivity index (χ3v) is 4.31. The molecule has 0 aliphatic heterocycles. The van der Waals surface area contributed by atoms with Gasteiger partial charge in [0.05, 0.1) is 16.9 Å². The van der Waals surface area contributed by atoms with Crippen molar-refractivity contribution in [3.8, 4) is 0 Å². The number of amides is 2. The van der Waals surface area contributed by atoms with Crippen molar-refractivity contribution in [3.63, 3.8) is 0 Å². The average Bonchev–Trinajstić information content (AvgIpc) is 2.41. The minimum absolute atomic E-state index is 0.0603. The lowest BCUT2D eigenvalue weighted by Gasteiger charge is -2.34. The van der Waals surface area contributed by atoms with Gasteiger partial charge in [-0.05, 0) is 26.7 Å². The highest BCUT2D eigenvalue weighted by atomic mass is 32.1. The molecule has 0 aromatic heterocycles. The molecule has 2 amide bonds. The highest BCUT2D eigenvalue weighted by Gasteiger charge is 2.40. The van der Waals surface area contributed by atoms with Crippen molar-refractivity contribution in [2.24, 2.45) is 11.1 Å². The summed E-state index contributed by atoms with van der Waals surface area (Å²) in [7, 11) is 1.63. The van der Waals surface area contributed by atoms with E-state index in [0.717, 1.165) is 0 Å². The Bertz CT molecular complexity index is 363. The Morgan fingerprint density at radius 1 is 1.10 bits per heavy atom. The Hall–Kier alpha value is -1.17. The van der Waals surface area contributed by atoms with E-state index in [4.69, 9.17) is 18.0 Å². The second kappa shape index (κ2) is 8.19. The van der Waals surface area contributed by atoms with E-state index in [-0.39, 0.29) is 23.3 Å². The van der Waals surface area contributed by atoms with Crippen LogP contribution in [-0.4, -0.2) is 53.3 Å². The van der Waals surface area contributed by atoms with Crippen molar-refractivity contribution in [3.05, 3.63) is 0 Å². The van der Waals surface area contributed by atoms with Gasteiger partial charge in [-0.1, -0.05) is 26.1 Å². The van der Waals surface area contributed by atoms with Crippen LogP contribution in [-0.2, 0) is 9.59 Å². The van der Waals surface area contributed by atoms with Gasteiger partial charge in [-0.3, -0.25) is 9.59 Å². The summed E-state index contributed by atoms with van der Waals surface area (Å²) in [6.45, 7) is 8.95. The average molecular weight is 301 g/mol. The summed E-state index contributed by atoms with van der Waals surface area (Å²) in [6.07, 6.45) is 1.09. The molecule has 0 unspecified atom stereocenters. The van der Waals surface area contributed by atoms with Crippen molar-refractivity contribution in [1.29, 1.82) is 0 Å². The van der Waals surface area contributed by atoms with Crippen LogP contribution in [0, 0.1) is 5.41 Å². The molecule has 0 bridgehead atoms. The topological polar surface area (TPSA) is 66.6 Å². The van der Waals surface area contributed by atoms with Crippen LogP contribution in [0.4, 0.5) is 0 Å². The van der Waals surface area contributed by atoms with Crippen LogP contribution in [0.15, 0.2) is 0 Å². The van der Waals surface area contributed by atoms with Crippen LogP contribution in [0.5, 0.6) is 0 Å². The molecule has 0 fully saturated rings. The molecular formula is C14H27N3O2S. The van der Waals surface area contributed by atoms with Gasteiger partial charge < -0.3 is 15.5 Å². The Kier molecular flexibility index (Phi) is 7.71. The molecule has 0 spiro atoms. The lowest BCUT2D eigenvalue weighted by molar-refractivity contribution is -0.143. The quantitative estimate of drug-likeness (QED) is 0.688. The molecule has 116 valence electrons. The van der Waals surface area contributed by atoms with E-state index in [1.807, 2.05) is 27.7 Å². The summed E-state index contributed by atoms with van der Waals surface area (Å²) < 4.78 is 0. The van der Waals surface area contributed by atoms with Crippen LogP contribution < -0.4 is 5.73 Å². The molecule has 0 aromatic carbocycles. The minimum atomic E-state index is -0.840. The monoisotopic (exact) mass is 301 g/mol. The first-order valence-corrected chi connectivity index (χ1v) is 7.54. The highest BCUT2D eigenvalue weighted by Crippen LogP contribution is 2.29. The number of rotatable bonds is 8. The first kappa shape index (κ1) is 18.8. The van der Waals surface area contributed by atoms with E-state index in [2.05, 4.69) is 0 Å². The van der Waals surface area contributed by atoms with Crippen LogP contribution in [0.3, 0.4) is 0 Å². The van der Waals surface area contributed by atoms with E-state index >= 15 is 0 Å². The third-order valence-electron chi connectivity index (χ3n) is 3.92. The fourth-order valence-corrected chi connectivity index (χ4v) is 2.70. The SMILES string of the molecule is CCN(CC)C(=O)CN(C)C(=O)C(CC)(CC)C(N)=S. The summed E-state index contributed by atoms with van der Waals surface area (Å²) in [5, 5.41) is 0. The number of nitrogens with zero attached hydrogens (tertiary/aromatic N) is 2. The van der Waals surface area contributed by atoms with Crippen molar-refractivity contribution in [2.75, 3.05) is 26.7 Å². The zero-order valence-electron chi connectivity index (χ0n) is 13.2. The Labute approximate surface area is 127 Å².